The first kappa shape index (κ1) is 12.7. The van der Waals surface area contributed by atoms with Crippen molar-refractivity contribution in [2.45, 2.75) is 12.8 Å². The fraction of sp³-hybridized carbons (Fsp3) is 0.500. The van der Waals surface area contributed by atoms with Gasteiger partial charge in [0.2, 0.25) is 0 Å². The van der Waals surface area contributed by atoms with Gasteiger partial charge in [0.15, 0.2) is 0 Å². The van der Waals surface area contributed by atoms with E-state index in [2.05, 4.69) is 22.8 Å². The number of rotatable bonds is 4. The van der Waals surface area contributed by atoms with Gasteiger partial charge in [0.05, 0.1) is 0 Å². The molecule has 0 N–H and O–H groups in total. The van der Waals surface area contributed by atoms with Crippen molar-refractivity contribution in [1.82, 2.24) is 4.90 Å². The Morgan fingerprint density at radius 3 is 2.59 bits per heavy atom. The maximum absolute atomic E-state index is 6.02. The van der Waals surface area contributed by atoms with E-state index < -0.39 is 0 Å². The lowest BCUT2D eigenvalue weighted by molar-refractivity contribution is 0.255. The second-order valence-electron chi connectivity index (χ2n) is 4.52. The van der Waals surface area contributed by atoms with Crippen LogP contribution in [0.25, 0.3) is 0 Å². The maximum Gasteiger partial charge on any atom is 0.0426 e. The number of hydrogen-bond acceptors (Lipinski definition) is 2. The predicted molar refractivity (Wildman–Crippen MR) is 74.7 cm³/mol. The second-order valence-corrected chi connectivity index (χ2v) is 4.95. The molecule has 0 amide bonds. The molecule has 0 bridgehead atoms. The molecule has 2 rings (SSSR count). The van der Waals surface area contributed by atoms with E-state index in [9.17, 15) is 0 Å². The molecule has 1 aliphatic rings. The summed E-state index contributed by atoms with van der Waals surface area (Å²) >= 11 is 6.02. The molecule has 0 atom stereocenters. The molecule has 0 aliphatic carbocycles. The number of halogens is 1. The Morgan fingerprint density at radius 1 is 1.18 bits per heavy atom. The largest absolute Gasteiger partial charge is 0.369 e. The molecular weight excluding hydrogens is 232 g/mol. The van der Waals surface area contributed by atoms with E-state index in [1.165, 1.54) is 18.7 Å². The highest BCUT2D eigenvalue weighted by Crippen LogP contribution is 2.20. The summed E-state index contributed by atoms with van der Waals surface area (Å²) in [5.41, 5.74) is 1.24. The van der Waals surface area contributed by atoms with Crippen LogP contribution < -0.4 is 4.90 Å². The van der Waals surface area contributed by atoms with E-state index in [0.717, 1.165) is 37.6 Å². The summed E-state index contributed by atoms with van der Waals surface area (Å²) in [6, 6.07) is 8.13. The summed E-state index contributed by atoms with van der Waals surface area (Å²) in [5, 5.41) is 0.821. The van der Waals surface area contributed by atoms with Crippen molar-refractivity contribution in [2.24, 2.45) is 0 Å². The Morgan fingerprint density at radius 2 is 1.94 bits per heavy atom. The molecule has 1 aliphatic heterocycles. The van der Waals surface area contributed by atoms with Crippen molar-refractivity contribution in [3.8, 4) is 0 Å². The Labute approximate surface area is 109 Å². The van der Waals surface area contributed by atoms with Crippen LogP contribution in [0.15, 0.2) is 24.3 Å². The Kier molecular flexibility index (Phi) is 4.69. The molecule has 17 heavy (non-hydrogen) atoms. The van der Waals surface area contributed by atoms with Gasteiger partial charge in [-0.25, -0.2) is 0 Å². The van der Waals surface area contributed by atoms with E-state index in [-0.39, 0.29) is 0 Å². The highest BCUT2D eigenvalue weighted by molar-refractivity contribution is 6.30. The third kappa shape index (κ3) is 3.62. The molecule has 0 aromatic heterocycles. The summed E-state index contributed by atoms with van der Waals surface area (Å²) in [7, 11) is 0. The van der Waals surface area contributed by atoms with Crippen LogP contribution in [0.1, 0.15) is 12.8 Å². The first-order valence-corrected chi connectivity index (χ1v) is 6.69. The van der Waals surface area contributed by atoms with Crippen LogP contribution >= 0.6 is 11.6 Å². The van der Waals surface area contributed by atoms with Crippen molar-refractivity contribution in [1.29, 1.82) is 0 Å². The Hall–Kier alpha value is -0.730. The summed E-state index contributed by atoms with van der Waals surface area (Å²) < 4.78 is 0. The first-order chi connectivity index (χ1) is 8.29. The first-order valence-electron chi connectivity index (χ1n) is 6.32. The number of nitrogens with zero attached hydrogens (tertiary/aromatic N) is 2. The summed E-state index contributed by atoms with van der Waals surface area (Å²) in [4.78, 5) is 4.93. The van der Waals surface area contributed by atoms with E-state index >= 15 is 0 Å². The molecule has 1 heterocycles. The van der Waals surface area contributed by atoms with E-state index in [1.54, 1.807) is 0 Å². The maximum atomic E-state index is 6.02. The average Bonchev–Trinajstić information content (AvgIpc) is 2.37. The van der Waals surface area contributed by atoms with E-state index in [1.807, 2.05) is 18.2 Å². The van der Waals surface area contributed by atoms with Crippen molar-refractivity contribution < 1.29 is 0 Å². The van der Waals surface area contributed by atoms with Crippen molar-refractivity contribution in [3.63, 3.8) is 0 Å². The number of anilines is 1. The SMILES string of the molecule is [CH2]CCCN1CCN(c2cccc(Cl)c2)CC1. The molecule has 2 nitrogen and oxygen atoms in total. The number of piperazine rings is 1. The fourth-order valence-electron chi connectivity index (χ4n) is 2.24. The van der Waals surface area contributed by atoms with Gasteiger partial charge in [0.25, 0.3) is 0 Å². The van der Waals surface area contributed by atoms with Crippen molar-refractivity contribution in [2.75, 3.05) is 37.6 Å². The van der Waals surface area contributed by atoms with Crippen molar-refractivity contribution >= 4 is 17.3 Å². The molecule has 0 spiro atoms. The van der Waals surface area contributed by atoms with Crippen LogP contribution in [-0.2, 0) is 0 Å². The lowest BCUT2D eigenvalue weighted by Crippen LogP contribution is -2.46. The van der Waals surface area contributed by atoms with Gasteiger partial charge >= 0.3 is 0 Å². The third-order valence-corrected chi connectivity index (χ3v) is 3.51. The van der Waals surface area contributed by atoms with Crippen LogP contribution in [0.3, 0.4) is 0 Å². The van der Waals surface area contributed by atoms with E-state index in [4.69, 9.17) is 11.6 Å². The van der Waals surface area contributed by atoms with Crippen LogP contribution in [0.2, 0.25) is 5.02 Å². The number of unbranched alkanes of at least 4 members (excludes halogenated alkanes) is 1. The normalized spacial score (nSPS) is 17.4. The lowest BCUT2D eigenvalue weighted by atomic mass is 10.2. The van der Waals surface area contributed by atoms with Crippen molar-refractivity contribution in [3.05, 3.63) is 36.2 Å². The predicted octanol–water partition coefficient (Wildman–Crippen LogP) is 3.08. The minimum Gasteiger partial charge on any atom is -0.369 e. The minimum absolute atomic E-state index is 0.821. The molecule has 0 unspecified atom stereocenters. The van der Waals surface area contributed by atoms with Crippen LogP contribution in [-0.4, -0.2) is 37.6 Å². The van der Waals surface area contributed by atoms with Crippen LogP contribution in [0.5, 0.6) is 0 Å². The van der Waals surface area contributed by atoms with Gasteiger partial charge in [-0.15, -0.1) is 0 Å². The summed E-state index contributed by atoms with van der Waals surface area (Å²) in [6.45, 7) is 9.56. The van der Waals surface area contributed by atoms with E-state index in [0.29, 0.717) is 0 Å². The standard InChI is InChI=1S/C14H20ClN2/c1-2-3-7-16-8-10-17(11-9-16)14-6-4-5-13(15)12-14/h4-6,12H,1-3,7-11H2. The Balaban J connectivity index is 1.86. The molecule has 1 aromatic rings. The molecule has 93 valence electrons. The van der Waals surface area contributed by atoms with Crippen LogP contribution in [0, 0.1) is 6.92 Å². The average molecular weight is 252 g/mol. The van der Waals surface area contributed by atoms with Gasteiger partial charge in [-0.05, 0) is 31.2 Å². The lowest BCUT2D eigenvalue weighted by Gasteiger charge is -2.36. The zero-order valence-electron chi connectivity index (χ0n) is 10.2. The molecule has 1 saturated heterocycles. The monoisotopic (exact) mass is 251 g/mol. The highest BCUT2D eigenvalue weighted by atomic mass is 35.5. The van der Waals surface area contributed by atoms with Gasteiger partial charge in [-0.3, -0.25) is 4.90 Å². The molecule has 0 saturated carbocycles. The smallest absolute Gasteiger partial charge is 0.0426 e. The number of benzene rings is 1. The van der Waals surface area contributed by atoms with Gasteiger partial charge in [0.1, 0.15) is 0 Å². The molecule has 1 fully saturated rings. The van der Waals surface area contributed by atoms with Gasteiger partial charge < -0.3 is 4.90 Å². The zero-order valence-corrected chi connectivity index (χ0v) is 11.0. The molecule has 1 aromatic carbocycles. The quantitative estimate of drug-likeness (QED) is 0.812. The topological polar surface area (TPSA) is 6.48 Å². The minimum atomic E-state index is 0.821. The number of hydrogen-bond donors (Lipinski definition) is 0. The third-order valence-electron chi connectivity index (χ3n) is 3.27. The van der Waals surface area contributed by atoms with Gasteiger partial charge in [-0.2, -0.15) is 0 Å². The molecule has 1 radical (unpaired) electrons. The van der Waals surface area contributed by atoms with Gasteiger partial charge in [-0.1, -0.05) is 31.0 Å². The zero-order chi connectivity index (χ0) is 12.1. The summed E-state index contributed by atoms with van der Waals surface area (Å²) in [6.07, 6.45) is 2.24. The van der Waals surface area contributed by atoms with Gasteiger partial charge in [0, 0.05) is 36.9 Å². The fourth-order valence-corrected chi connectivity index (χ4v) is 2.42. The van der Waals surface area contributed by atoms with Crippen LogP contribution in [0.4, 0.5) is 5.69 Å². The second kappa shape index (κ2) is 6.27. The summed E-state index contributed by atoms with van der Waals surface area (Å²) in [5.74, 6) is 0. The molecular formula is C14H20ClN2. The highest BCUT2D eigenvalue weighted by Gasteiger charge is 2.16. The Bertz CT molecular complexity index is 346. The molecule has 3 heteroatoms.